The van der Waals surface area contributed by atoms with Crippen molar-refractivity contribution in [1.82, 2.24) is 10.6 Å². The Labute approximate surface area is 128 Å². The van der Waals surface area contributed by atoms with Crippen LogP contribution in [0, 0.1) is 10.1 Å². The third-order valence-corrected chi connectivity index (χ3v) is 3.14. The zero-order valence-electron chi connectivity index (χ0n) is 11.3. The first-order chi connectivity index (χ1) is 9.63. The van der Waals surface area contributed by atoms with Crippen molar-refractivity contribution in [3.05, 3.63) is 38.3 Å². The van der Waals surface area contributed by atoms with E-state index in [0.29, 0.717) is 10.0 Å². The summed E-state index contributed by atoms with van der Waals surface area (Å²) in [7, 11) is 0. The van der Waals surface area contributed by atoms with Crippen LogP contribution in [0.25, 0.3) is 0 Å². The number of aliphatic carboxylic acids is 1. The van der Waals surface area contributed by atoms with E-state index in [-0.39, 0.29) is 12.2 Å². The monoisotopic (exact) mass is 359 g/mol. The van der Waals surface area contributed by atoms with Gasteiger partial charge in [-0.3, -0.25) is 10.1 Å². The SMILES string of the molecule is CC(C)(NC(=O)NCc1ccc(Br)cc1[N+](=O)[O-])C(=O)O. The molecule has 2 amide bonds. The number of rotatable bonds is 5. The second-order valence-electron chi connectivity index (χ2n) is 4.77. The molecule has 9 heteroatoms. The molecule has 0 bridgehead atoms. The van der Waals surface area contributed by atoms with Crippen LogP contribution in [-0.4, -0.2) is 27.6 Å². The average molecular weight is 360 g/mol. The molecule has 0 aliphatic heterocycles. The highest BCUT2D eigenvalue weighted by molar-refractivity contribution is 9.10. The number of halogens is 1. The molecule has 21 heavy (non-hydrogen) atoms. The van der Waals surface area contributed by atoms with E-state index < -0.39 is 22.5 Å². The Balaban J connectivity index is 2.74. The molecule has 0 atom stereocenters. The van der Waals surface area contributed by atoms with Gasteiger partial charge in [0.15, 0.2) is 0 Å². The quantitative estimate of drug-likeness (QED) is 0.548. The van der Waals surface area contributed by atoms with Crippen molar-refractivity contribution < 1.29 is 19.6 Å². The number of hydrogen-bond donors (Lipinski definition) is 3. The second kappa shape index (κ2) is 6.53. The van der Waals surface area contributed by atoms with Gasteiger partial charge in [0.1, 0.15) is 5.54 Å². The first-order valence-electron chi connectivity index (χ1n) is 5.85. The maximum absolute atomic E-state index is 11.6. The van der Waals surface area contributed by atoms with E-state index in [1.807, 2.05) is 0 Å². The summed E-state index contributed by atoms with van der Waals surface area (Å²) in [4.78, 5) is 32.9. The van der Waals surface area contributed by atoms with Crippen molar-refractivity contribution in [3.63, 3.8) is 0 Å². The summed E-state index contributed by atoms with van der Waals surface area (Å²) in [5.74, 6) is -1.19. The molecule has 0 fully saturated rings. The van der Waals surface area contributed by atoms with E-state index in [1.54, 1.807) is 6.07 Å². The molecule has 0 saturated heterocycles. The lowest BCUT2D eigenvalue weighted by molar-refractivity contribution is -0.385. The fraction of sp³-hybridized carbons (Fsp3) is 0.333. The summed E-state index contributed by atoms with van der Waals surface area (Å²) in [6, 6.07) is 3.73. The number of nitro groups is 1. The van der Waals surface area contributed by atoms with Crippen molar-refractivity contribution in [2.24, 2.45) is 0 Å². The maximum atomic E-state index is 11.6. The van der Waals surface area contributed by atoms with E-state index in [4.69, 9.17) is 5.11 Å². The van der Waals surface area contributed by atoms with Gasteiger partial charge in [-0.25, -0.2) is 9.59 Å². The average Bonchev–Trinajstić information content (AvgIpc) is 2.36. The molecule has 114 valence electrons. The van der Waals surface area contributed by atoms with Crippen LogP contribution in [0.4, 0.5) is 10.5 Å². The van der Waals surface area contributed by atoms with Crippen molar-refractivity contribution >= 4 is 33.6 Å². The van der Waals surface area contributed by atoms with Crippen LogP contribution in [0.2, 0.25) is 0 Å². The van der Waals surface area contributed by atoms with Crippen molar-refractivity contribution in [1.29, 1.82) is 0 Å². The van der Waals surface area contributed by atoms with Gasteiger partial charge in [-0.15, -0.1) is 0 Å². The van der Waals surface area contributed by atoms with Crippen molar-refractivity contribution in [2.45, 2.75) is 25.9 Å². The fourth-order valence-corrected chi connectivity index (χ4v) is 1.76. The number of urea groups is 1. The number of carboxylic acid groups (broad SMARTS) is 1. The van der Waals surface area contributed by atoms with Gasteiger partial charge >= 0.3 is 12.0 Å². The molecule has 0 aliphatic rings. The smallest absolute Gasteiger partial charge is 0.328 e. The Morgan fingerprint density at radius 3 is 2.57 bits per heavy atom. The Bertz CT molecular complexity index is 588. The van der Waals surface area contributed by atoms with Crippen LogP contribution in [0.5, 0.6) is 0 Å². The topological polar surface area (TPSA) is 122 Å². The van der Waals surface area contributed by atoms with Crippen LogP contribution in [0.15, 0.2) is 22.7 Å². The Morgan fingerprint density at radius 2 is 2.05 bits per heavy atom. The highest BCUT2D eigenvalue weighted by Gasteiger charge is 2.29. The number of nitro benzene ring substituents is 1. The molecule has 0 radical (unpaired) electrons. The number of amides is 2. The Kier molecular flexibility index (Phi) is 5.25. The number of nitrogens with one attached hydrogen (secondary N) is 2. The Hall–Kier alpha value is -2.16. The summed E-state index contributed by atoms with van der Waals surface area (Å²) in [6.07, 6.45) is 0. The highest BCUT2D eigenvalue weighted by Crippen LogP contribution is 2.23. The molecule has 0 aliphatic carbocycles. The third-order valence-electron chi connectivity index (χ3n) is 2.64. The van der Waals surface area contributed by atoms with Crippen LogP contribution in [-0.2, 0) is 11.3 Å². The maximum Gasteiger partial charge on any atom is 0.328 e. The number of carbonyl (C=O) groups is 2. The normalized spacial score (nSPS) is 10.8. The van der Waals surface area contributed by atoms with Gasteiger partial charge in [0.2, 0.25) is 0 Å². The predicted molar refractivity (Wildman–Crippen MR) is 77.9 cm³/mol. The lowest BCUT2D eigenvalue weighted by Crippen LogP contribution is -2.53. The standard InChI is InChI=1S/C12H14BrN3O5/c1-12(2,10(17)18)15-11(19)14-6-7-3-4-8(13)5-9(7)16(20)21/h3-5H,6H2,1-2H3,(H,17,18)(H2,14,15,19). The number of carboxylic acids is 1. The molecule has 0 heterocycles. The minimum Gasteiger partial charge on any atom is -0.480 e. The molecule has 8 nitrogen and oxygen atoms in total. The summed E-state index contributed by atoms with van der Waals surface area (Å²) >= 11 is 3.13. The molecule has 0 aromatic heterocycles. The minimum absolute atomic E-state index is 0.0921. The number of carbonyl (C=O) groups excluding carboxylic acids is 1. The van der Waals surface area contributed by atoms with Gasteiger partial charge in [-0.05, 0) is 26.0 Å². The first kappa shape index (κ1) is 16.9. The number of nitrogens with zero attached hydrogens (tertiary/aromatic N) is 1. The van der Waals surface area contributed by atoms with Gasteiger partial charge in [0.05, 0.1) is 11.5 Å². The molecule has 0 unspecified atom stereocenters. The summed E-state index contributed by atoms with van der Waals surface area (Å²) in [5.41, 5.74) is -1.26. The van der Waals surface area contributed by atoms with Crippen LogP contribution in [0.1, 0.15) is 19.4 Å². The fourth-order valence-electron chi connectivity index (χ4n) is 1.41. The summed E-state index contributed by atoms with van der Waals surface area (Å²) < 4.78 is 0.550. The van der Waals surface area contributed by atoms with Crippen LogP contribution < -0.4 is 10.6 Å². The van der Waals surface area contributed by atoms with Crippen LogP contribution >= 0.6 is 15.9 Å². The van der Waals surface area contributed by atoms with Crippen molar-refractivity contribution in [2.75, 3.05) is 0 Å². The molecule has 1 aromatic carbocycles. The predicted octanol–water partition coefficient (Wildman–Crippen LogP) is 2.02. The zero-order chi connectivity index (χ0) is 16.2. The van der Waals surface area contributed by atoms with Crippen molar-refractivity contribution in [3.8, 4) is 0 Å². The second-order valence-corrected chi connectivity index (χ2v) is 5.68. The zero-order valence-corrected chi connectivity index (χ0v) is 12.9. The molecule has 0 spiro atoms. The van der Waals surface area contributed by atoms with E-state index in [2.05, 4.69) is 26.6 Å². The molecular formula is C12H14BrN3O5. The molecule has 1 rings (SSSR count). The molecule has 0 saturated carbocycles. The number of benzene rings is 1. The van der Waals surface area contributed by atoms with E-state index in [0.717, 1.165) is 0 Å². The van der Waals surface area contributed by atoms with E-state index >= 15 is 0 Å². The van der Waals surface area contributed by atoms with Gasteiger partial charge in [-0.2, -0.15) is 0 Å². The highest BCUT2D eigenvalue weighted by atomic mass is 79.9. The molecular weight excluding hydrogens is 346 g/mol. The lowest BCUT2D eigenvalue weighted by atomic mass is 10.1. The first-order valence-corrected chi connectivity index (χ1v) is 6.65. The van der Waals surface area contributed by atoms with Gasteiger partial charge in [-0.1, -0.05) is 15.9 Å². The van der Waals surface area contributed by atoms with E-state index in [9.17, 15) is 19.7 Å². The number of hydrogen-bond acceptors (Lipinski definition) is 4. The Morgan fingerprint density at radius 1 is 1.43 bits per heavy atom. The third kappa shape index (κ3) is 4.71. The molecule has 3 N–H and O–H groups in total. The lowest BCUT2D eigenvalue weighted by Gasteiger charge is -2.21. The van der Waals surface area contributed by atoms with Gasteiger partial charge in [0.25, 0.3) is 5.69 Å². The minimum atomic E-state index is -1.43. The summed E-state index contributed by atoms with van der Waals surface area (Å²) in [6.45, 7) is 2.57. The van der Waals surface area contributed by atoms with Gasteiger partial charge in [0, 0.05) is 16.1 Å². The molecule has 1 aromatic rings. The largest absolute Gasteiger partial charge is 0.480 e. The van der Waals surface area contributed by atoms with Crippen LogP contribution in [0.3, 0.4) is 0 Å². The van der Waals surface area contributed by atoms with Gasteiger partial charge < -0.3 is 15.7 Å². The van der Waals surface area contributed by atoms with E-state index in [1.165, 1.54) is 26.0 Å². The summed E-state index contributed by atoms with van der Waals surface area (Å²) in [5, 5.41) is 24.5.